The number of carbonyl (C=O) groups excluding carboxylic acids is 2. The molecule has 0 heterocycles. The molecule has 0 aliphatic rings. The number of carbonyl (C=O) groups is 2. The fourth-order valence-electron chi connectivity index (χ4n) is 1.82. The van der Waals surface area contributed by atoms with Crippen LogP contribution in [0.3, 0.4) is 0 Å². The number of rotatable bonds is 5. The van der Waals surface area contributed by atoms with Crippen LogP contribution in [0.25, 0.3) is 0 Å². The maximum Gasteiger partial charge on any atom is 0.250 e. The summed E-state index contributed by atoms with van der Waals surface area (Å²) in [4.78, 5) is 23.2. The molecule has 4 N–H and O–H groups in total. The van der Waals surface area contributed by atoms with Gasteiger partial charge in [-0.25, -0.2) is 0 Å². The normalized spacial score (nSPS) is 10.1. The van der Waals surface area contributed by atoms with Gasteiger partial charge in [0.2, 0.25) is 5.91 Å². The molecule has 0 aliphatic carbocycles. The highest BCUT2D eigenvalue weighted by molar-refractivity contribution is 6.35. The van der Waals surface area contributed by atoms with E-state index in [1.807, 2.05) is 0 Å². The zero-order chi connectivity index (χ0) is 16.1. The van der Waals surface area contributed by atoms with Gasteiger partial charge in [0.15, 0.2) is 0 Å². The van der Waals surface area contributed by atoms with Gasteiger partial charge in [-0.3, -0.25) is 9.59 Å². The Balaban J connectivity index is 2.02. The lowest BCUT2D eigenvalue weighted by Crippen LogP contribution is -2.23. The summed E-state index contributed by atoms with van der Waals surface area (Å²) in [7, 11) is 0. The molecule has 2 rings (SSSR count). The van der Waals surface area contributed by atoms with Gasteiger partial charge in [0.05, 0.1) is 22.8 Å². The standard InChI is InChI=1S/C15H13Cl2N3O2/c16-9-5-6-11(17)13(7-9)20-14(21)8-19-12-4-2-1-3-10(12)15(18)22/h1-7,19H,8H2,(H2,18,22)(H,20,21). The Kier molecular flexibility index (Phi) is 5.25. The van der Waals surface area contributed by atoms with Gasteiger partial charge >= 0.3 is 0 Å². The van der Waals surface area contributed by atoms with Crippen LogP contribution in [0.1, 0.15) is 10.4 Å². The van der Waals surface area contributed by atoms with Crippen LogP contribution in [0.15, 0.2) is 42.5 Å². The molecule has 0 saturated carbocycles. The Morgan fingerprint density at radius 2 is 1.77 bits per heavy atom. The summed E-state index contributed by atoms with van der Waals surface area (Å²) in [6.45, 7) is -0.0485. The molecule has 0 fully saturated rings. The molecule has 2 amide bonds. The second-order valence-electron chi connectivity index (χ2n) is 4.44. The van der Waals surface area contributed by atoms with Crippen LogP contribution in [-0.2, 0) is 4.79 Å². The summed E-state index contributed by atoms with van der Waals surface area (Å²) >= 11 is 11.8. The summed E-state index contributed by atoms with van der Waals surface area (Å²) in [6.07, 6.45) is 0. The van der Waals surface area contributed by atoms with Crippen LogP contribution in [0.2, 0.25) is 10.0 Å². The zero-order valence-electron chi connectivity index (χ0n) is 11.4. The van der Waals surface area contributed by atoms with Crippen molar-refractivity contribution in [3.63, 3.8) is 0 Å². The molecule has 0 saturated heterocycles. The summed E-state index contributed by atoms with van der Waals surface area (Å²) in [5.41, 5.74) is 6.49. The molecule has 0 aliphatic heterocycles. The lowest BCUT2D eigenvalue weighted by molar-refractivity contribution is -0.114. The van der Waals surface area contributed by atoms with E-state index in [-0.39, 0.29) is 12.5 Å². The molecule has 0 unspecified atom stereocenters. The van der Waals surface area contributed by atoms with Crippen molar-refractivity contribution in [2.24, 2.45) is 5.73 Å². The highest BCUT2D eigenvalue weighted by Gasteiger charge is 2.10. The van der Waals surface area contributed by atoms with Crippen LogP contribution in [-0.4, -0.2) is 18.4 Å². The average molecular weight is 338 g/mol. The molecule has 0 radical (unpaired) electrons. The molecule has 0 bridgehead atoms. The van der Waals surface area contributed by atoms with Gasteiger partial charge in [-0.1, -0.05) is 35.3 Å². The first kappa shape index (κ1) is 16.1. The topological polar surface area (TPSA) is 84.2 Å². The number of nitrogens with one attached hydrogen (secondary N) is 2. The van der Waals surface area contributed by atoms with Crippen molar-refractivity contribution in [2.75, 3.05) is 17.2 Å². The SMILES string of the molecule is NC(=O)c1ccccc1NCC(=O)Nc1cc(Cl)ccc1Cl. The van der Waals surface area contributed by atoms with Gasteiger partial charge in [0.1, 0.15) is 0 Å². The predicted octanol–water partition coefficient (Wildman–Crippen LogP) is 3.14. The van der Waals surface area contributed by atoms with E-state index >= 15 is 0 Å². The van der Waals surface area contributed by atoms with E-state index in [2.05, 4.69) is 10.6 Å². The molecule has 2 aromatic carbocycles. The maximum absolute atomic E-state index is 11.9. The number of amides is 2. The van der Waals surface area contributed by atoms with Gasteiger partial charge in [0.25, 0.3) is 5.91 Å². The molecular formula is C15H13Cl2N3O2. The Hall–Kier alpha value is -2.24. The van der Waals surface area contributed by atoms with Crippen molar-refractivity contribution >= 4 is 46.4 Å². The summed E-state index contributed by atoms with van der Waals surface area (Å²) in [5.74, 6) is -0.898. The van der Waals surface area contributed by atoms with Crippen LogP contribution < -0.4 is 16.4 Å². The quantitative estimate of drug-likeness (QED) is 0.783. The fourth-order valence-corrected chi connectivity index (χ4v) is 2.15. The van der Waals surface area contributed by atoms with E-state index in [4.69, 9.17) is 28.9 Å². The molecule has 0 spiro atoms. The van der Waals surface area contributed by atoms with Gasteiger partial charge in [-0.2, -0.15) is 0 Å². The van der Waals surface area contributed by atoms with Crippen molar-refractivity contribution in [3.8, 4) is 0 Å². The third-order valence-corrected chi connectivity index (χ3v) is 3.40. The summed E-state index contributed by atoms with van der Waals surface area (Å²) < 4.78 is 0. The van der Waals surface area contributed by atoms with Gasteiger partial charge in [-0.05, 0) is 30.3 Å². The highest BCUT2D eigenvalue weighted by atomic mass is 35.5. The van der Waals surface area contributed by atoms with Crippen LogP contribution in [0, 0.1) is 0 Å². The lowest BCUT2D eigenvalue weighted by Gasteiger charge is -2.11. The molecule has 0 aromatic heterocycles. The monoisotopic (exact) mass is 337 g/mol. The maximum atomic E-state index is 11.9. The smallest absolute Gasteiger partial charge is 0.250 e. The number of primary amides is 1. The second kappa shape index (κ2) is 7.15. The molecule has 0 atom stereocenters. The molecule has 5 nitrogen and oxygen atoms in total. The highest BCUT2D eigenvalue weighted by Crippen LogP contribution is 2.25. The number of benzene rings is 2. The van der Waals surface area contributed by atoms with E-state index in [1.54, 1.807) is 42.5 Å². The van der Waals surface area contributed by atoms with Crippen molar-refractivity contribution in [1.29, 1.82) is 0 Å². The number of anilines is 2. The Bertz CT molecular complexity index is 720. The van der Waals surface area contributed by atoms with Crippen LogP contribution >= 0.6 is 23.2 Å². The Morgan fingerprint density at radius 3 is 2.50 bits per heavy atom. The number of hydrogen-bond donors (Lipinski definition) is 3. The Labute approximate surface area is 137 Å². The molecule has 114 valence electrons. The van der Waals surface area contributed by atoms with Crippen LogP contribution in [0.4, 0.5) is 11.4 Å². The Morgan fingerprint density at radius 1 is 1.05 bits per heavy atom. The third kappa shape index (κ3) is 4.13. The minimum atomic E-state index is -0.568. The van der Waals surface area contributed by atoms with E-state index in [0.717, 1.165) is 0 Å². The largest absolute Gasteiger partial charge is 0.376 e. The van der Waals surface area contributed by atoms with Crippen molar-refractivity contribution in [3.05, 3.63) is 58.1 Å². The van der Waals surface area contributed by atoms with Crippen molar-refractivity contribution in [1.82, 2.24) is 0 Å². The lowest BCUT2D eigenvalue weighted by atomic mass is 10.1. The van der Waals surface area contributed by atoms with E-state index in [9.17, 15) is 9.59 Å². The minimum absolute atomic E-state index is 0.0485. The number of para-hydroxylation sites is 1. The van der Waals surface area contributed by atoms with E-state index in [0.29, 0.717) is 27.0 Å². The summed E-state index contributed by atoms with van der Waals surface area (Å²) in [6, 6.07) is 11.4. The van der Waals surface area contributed by atoms with E-state index < -0.39 is 5.91 Å². The number of hydrogen-bond acceptors (Lipinski definition) is 3. The first-order chi connectivity index (χ1) is 10.5. The fraction of sp³-hybridized carbons (Fsp3) is 0.0667. The molecule has 22 heavy (non-hydrogen) atoms. The zero-order valence-corrected chi connectivity index (χ0v) is 12.9. The number of nitrogens with two attached hydrogens (primary N) is 1. The first-order valence-corrected chi connectivity index (χ1v) is 7.10. The van der Waals surface area contributed by atoms with Crippen molar-refractivity contribution in [2.45, 2.75) is 0 Å². The van der Waals surface area contributed by atoms with Crippen molar-refractivity contribution < 1.29 is 9.59 Å². The van der Waals surface area contributed by atoms with E-state index in [1.165, 1.54) is 0 Å². The summed E-state index contributed by atoms with van der Waals surface area (Å²) in [5, 5.41) is 6.34. The van der Waals surface area contributed by atoms with Gasteiger partial charge < -0.3 is 16.4 Å². The predicted molar refractivity (Wildman–Crippen MR) is 88.5 cm³/mol. The first-order valence-electron chi connectivity index (χ1n) is 6.35. The van der Waals surface area contributed by atoms with Gasteiger partial charge in [-0.15, -0.1) is 0 Å². The molecular weight excluding hydrogens is 325 g/mol. The minimum Gasteiger partial charge on any atom is -0.376 e. The van der Waals surface area contributed by atoms with Gasteiger partial charge in [0, 0.05) is 10.7 Å². The molecule has 7 heteroatoms. The second-order valence-corrected chi connectivity index (χ2v) is 5.28. The average Bonchev–Trinajstić information content (AvgIpc) is 2.49. The number of halogens is 2. The van der Waals surface area contributed by atoms with Crippen LogP contribution in [0.5, 0.6) is 0 Å². The third-order valence-electron chi connectivity index (χ3n) is 2.83. The molecule has 2 aromatic rings.